The number of nitrogens with zero attached hydrogens (tertiary/aromatic N) is 5. The first kappa shape index (κ1) is 22.1. The van der Waals surface area contributed by atoms with E-state index in [2.05, 4.69) is 25.4 Å². The molecule has 0 saturated heterocycles. The van der Waals surface area contributed by atoms with Gasteiger partial charge in [-0.1, -0.05) is 0 Å². The average molecular weight is 466 g/mol. The van der Waals surface area contributed by atoms with Crippen LogP contribution in [-0.4, -0.2) is 44.8 Å². The smallest absolute Gasteiger partial charge is 0.277 e. The summed E-state index contributed by atoms with van der Waals surface area (Å²) in [7, 11) is 3.37. The van der Waals surface area contributed by atoms with Gasteiger partial charge < -0.3 is 10.1 Å². The summed E-state index contributed by atoms with van der Waals surface area (Å²) in [5, 5.41) is 7.55. The van der Waals surface area contributed by atoms with Crippen molar-refractivity contribution in [2.24, 2.45) is 18.0 Å². The number of halogens is 2. The summed E-state index contributed by atoms with van der Waals surface area (Å²) < 4.78 is 34.0. The number of fused-ring (bicyclic) bond motifs is 1. The standard InChI is InChI=1S/C24H24F2N6O2/c1-12-27-24(32(2)31-12)14-6-7-16(21(8-14)34-3)29-17-9-15(10-20(33)13-4-5-13)28-18-11-19(23(25)26)30-22(17)18/h6-9,13,23H,4-5,10-11H2,1-3H3,(H,28,29). The SMILES string of the molecule is COc1cc(-c2nc(C)nn2C)ccc1Nc1cc(CC(=O)C2CC2)nc2c1N=C(C(F)F)C2. The second-order valence-corrected chi connectivity index (χ2v) is 8.60. The minimum Gasteiger partial charge on any atom is -0.495 e. The lowest BCUT2D eigenvalue weighted by Gasteiger charge is -2.15. The van der Waals surface area contributed by atoms with Crippen molar-refractivity contribution < 1.29 is 18.3 Å². The molecule has 2 aromatic heterocycles. The number of ketones is 1. The van der Waals surface area contributed by atoms with E-state index in [9.17, 15) is 13.6 Å². The van der Waals surface area contributed by atoms with E-state index in [0.717, 1.165) is 18.4 Å². The van der Waals surface area contributed by atoms with Gasteiger partial charge in [0.25, 0.3) is 6.43 Å². The summed E-state index contributed by atoms with van der Waals surface area (Å²) in [4.78, 5) is 25.5. The summed E-state index contributed by atoms with van der Waals surface area (Å²) in [5.74, 6) is 2.12. The van der Waals surface area contributed by atoms with Gasteiger partial charge in [0.05, 0.1) is 35.6 Å². The molecule has 0 unspecified atom stereocenters. The predicted octanol–water partition coefficient (Wildman–Crippen LogP) is 4.35. The molecule has 2 aliphatic rings. The van der Waals surface area contributed by atoms with Crippen LogP contribution in [0.15, 0.2) is 29.3 Å². The molecule has 3 aromatic rings. The number of carbonyl (C=O) groups is 1. The number of hydrogen-bond donors (Lipinski definition) is 1. The molecule has 1 aliphatic heterocycles. The lowest BCUT2D eigenvalue weighted by Crippen LogP contribution is -2.11. The molecule has 0 bridgehead atoms. The zero-order chi connectivity index (χ0) is 24.0. The summed E-state index contributed by atoms with van der Waals surface area (Å²) in [6, 6.07) is 7.25. The van der Waals surface area contributed by atoms with Crippen molar-refractivity contribution in [3.63, 3.8) is 0 Å². The molecule has 34 heavy (non-hydrogen) atoms. The number of benzene rings is 1. The molecule has 176 valence electrons. The fraction of sp³-hybridized carbons (Fsp3) is 0.375. The number of hydrogen-bond acceptors (Lipinski definition) is 7. The Morgan fingerprint density at radius 2 is 2.03 bits per heavy atom. The Morgan fingerprint density at radius 3 is 2.68 bits per heavy atom. The molecular weight excluding hydrogens is 442 g/mol. The van der Waals surface area contributed by atoms with Crippen LogP contribution in [0.25, 0.3) is 11.4 Å². The molecule has 0 spiro atoms. The monoisotopic (exact) mass is 466 g/mol. The maximum Gasteiger partial charge on any atom is 0.277 e. The van der Waals surface area contributed by atoms with Crippen molar-refractivity contribution >= 4 is 28.6 Å². The van der Waals surface area contributed by atoms with Crippen LogP contribution in [0.5, 0.6) is 5.75 Å². The number of aryl methyl sites for hydroxylation is 2. The van der Waals surface area contributed by atoms with Gasteiger partial charge in [0.1, 0.15) is 23.0 Å². The number of rotatable bonds is 8. The van der Waals surface area contributed by atoms with Crippen LogP contribution in [0, 0.1) is 12.8 Å². The van der Waals surface area contributed by atoms with E-state index in [-0.39, 0.29) is 30.3 Å². The molecule has 0 radical (unpaired) electrons. The molecule has 0 amide bonds. The zero-order valence-electron chi connectivity index (χ0n) is 19.1. The number of aromatic nitrogens is 4. The van der Waals surface area contributed by atoms with Crippen molar-refractivity contribution in [1.82, 2.24) is 19.7 Å². The first-order chi connectivity index (χ1) is 16.3. The Hall–Kier alpha value is -3.69. The van der Waals surface area contributed by atoms with Gasteiger partial charge in [0, 0.05) is 31.4 Å². The maximum atomic E-state index is 13.4. The second-order valence-electron chi connectivity index (χ2n) is 8.60. The number of ether oxygens (including phenoxy) is 1. The third-order valence-corrected chi connectivity index (χ3v) is 5.96. The molecule has 1 fully saturated rings. The quantitative estimate of drug-likeness (QED) is 0.530. The van der Waals surface area contributed by atoms with Crippen molar-refractivity contribution in [2.75, 3.05) is 12.4 Å². The molecule has 5 rings (SSSR count). The van der Waals surface area contributed by atoms with E-state index < -0.39 is 6.43 Å². The normalized spacial score (nSPS) is 14.8. The number of aliphatic imine (C=N–C) groups is 1. The minimum atomic E-state index is -2.66. The van der Waals surface area contributed by atoms with Crippen molar-refractivity contribution in [1.29, 1.82) is 0 Å². The van der Waals surface area contributed by atoms with Crippen molar-refractivity contribution in [2.45, 2.75) is 39.0 Å². The van der Waals surface area contributed by atoms with Crippen LogP contribution < -0.4 is 10.1 Å². The lowest BCUT2D eigenvalue weighted by atomic mass is 10.1. The largest absolute Gasteiger partial charge is 0.495 e. The van der Waals surface area contributed by atoms with Crippen LogP contribution in [0.1, 0.15) is 30.1 Å². The Bertz CT molecular complexity index is 1310. The van der Waals surface area contributed by atoms with Gasteiger partial charge in [-0.05, 0) is 44.0 Å². The number of alkyl halides is 2. The van der Waals surface area contributed by atoms with Crippen molar-refractivity contribution in [3.05, 3.63) is 41.5 Å². The molecule has 8 nitrogen and oxygen atoms in total. The molecule has 1 saturated carbocycles. The van der Waals surface area contributed by atoms with Crippen LogP contribution in [0.4, 0.5) is 25.8 Å². The van der Waals surface area contributed by atoms with Crippen molar-refractivity contribution in [3.8, 4) is 17.1 Å². The van der Waals surface area contributed by atoms with Gasteiger partial charge in [-0.2, -0.15) is 5.10 Å². The molecule has 1 aliphatic carbocycles. The van der Waals surface area contributed by atoms with E-state index in [0.29, 0.717) is 45.8 Å². The molecule has 10 heteroatoms. The lowest BCUT2D eigenvalue weighted by molar-refractivity contribution is -0.119. The topological polar surface area (TPSA) is 94.3 Å². The number of Topliss-reactive ketones (excluding diaryl/α,β-unsaturated/α-hetero) is 1. The third-order valence-electron chi connectivity index (χ3n) is 5.96. The first-order valence-corrected chi connectivity index (χ1v) is 11.1. The number of methoxy groups -OCH3 is 1. The first-order valence-electron chi connectivity index (χ1n) is 11.1. The fourth-order valence-corrected chi connectivity index (χ4v) is 4.13. The van der Waals surface area contributed by atoms with Gasteiger partial charge in [-0.3, -0.25) is 9.78 Å². The molecule has 1 aromatic carbocycles. The number of pyridine rings is 1. The minimum absolute atomic E-state index is 0.0330. The second kappa shape index (κ2) is 8.58. The molecule has 1 N–H and O–H groups in total. The average Bonchev–Trinajstić information content (AvgIpc) is 3.47. The summed E-state index contributed by atoms with van der Waals surface area (Å²) in [5.41, 5.74) is 3.10. The van der Waals surface area contributed by atoms with Gasteiger partial charge in [-0.25, -0.2) is 23.4 Å². The van der Waals surface area contributed by atoms with Gasteiger partial charge in [0.15, 0.2) is 5.82 Å². The molecule has 0 atom stereocenters. The Labute approximate surface area is 195 Å². The summed E-state index contributed by atoms with van der Waals surface area (Å²) in [6.45, 7) is 1.82. The third kappa shape index (κ3) is 4.27. The highest BCUT2D eigenvalue weighted by Crippen LogP contribution is 2.40. The van der Waals surface area contributed by atoms with Gasteiger partial charge in [-0.15, -0.1) is 0 Å². The van der Waals surface area contributed by atoms with Crippen LogP contribution in [0.3, 0.4) is 0 Å². The maximum absolute atomic E-state index is 13.4. The van der Waals surface area contributed by atoms with E-state index in [1.807, 2.05) is 32.2 Å². The highest BCUT2D eigenvalue weighted by Gasteiger charge is 2.31. The number of nitrogens with one attached hydrogen (secondary N) is 1. The van der Waals surface area contributed by atoms with Crippen LogP contribution in [0.2, 0.25) is 0 Å². The summed E-state index contributed by atoms with van der Waals surface area (Å²) >= 11 is 0. The Morgan fingerprint density at radius 1 is 1.24 bits per heavy atom. The van der Waals surface area contributed by atoms with Gasteiger partial charge >= 0.3 is 0 Å². The number of anilines is 2. The van der Waals surface area contributed by atoms with Gasteiger partial charge in [0.2, 0.25) is 0 Å². The van der Waals surface area contributed by atoms with Crippen LogP contribution >= 0.6 is 0 Å². The predicted molar refractivity (Wildman–Crippen MR) is 123 cm³/mol. The molecular formula is C24H24F2N6O2. The Balaban J connectivity index is 1.51. The zero-order valence-corrected chi connectivity index (χ0v) is 19.1. The van der Waals surface area contributed by atoms with E-state index >= 15 is 0 Å². The molecule has 3 heterocycles. The highest BCUT2D eigenvalue weighted by molar-refractivity contribution is 5.99. The summed E-state index contributed by atoms with van der Waals surface area (Å²) in [6.07, 6.45) is -0.709. The van der Waals surface area contributed by atoms with E-state index in [4.69, 9.17) is 4.74 Å². The van der Waals surface area contributed by atoms with E-state index in [1.54, 1.807) is 17.9 Å². The fourth-order valence-electron chi connectivity index (χ4n) is 4.13. The van der Waals surface area contributed by atoms with Crippen LogP contribution in [-0.2, 0) is 24.7 Å². The highest BCUT2D eigenvalue weighted by atomic mass is 19.3. The van der Waals surface area contributed by atoms with E-state index in [1.165, 1.54) is 0 Å². The Kier molecular flexibility index (Phi) is 5.59. The number of carbonyl (C=O) groups excluding carboxylic acids is 1.